The number of ketones is 1. The maximum absolute atomic E-state index is 12.3. The normalized spacial score (nSPS) is 12.7. The Balaban J connectivity index is 2.09. The Kier molecular flexibility index (Phi) is 4.63. The highest BCUT2D eigenvalue weighted by Crippen LogP contribution is 2.26. The third-order valence-corrected chi connectivity index (χ3v) is 3.98. The van der Waals surface area contributed by atoms with Crippen LogP contribution in [-0.2, 0) is 7.05 Å². The molecule has 0 bridgehead atoms. The van der Waals surface area contributed by atoms with Gasteiger partial charge in [0.25, 0.3) is 0 Å². The molecule has 1 unspecified atom stereocenters. The molecule has 0 N–H and O–H groups in total. The van der Waals surface area contributed by atoms with Crippen LogP contribution in [0, 0.1) is 0 Å². The SMILES string of the molecule is CC(c1ccccc1Cl)N(C)CC(=O)c1cccn1C. The van der Waals surface area contributed by atoms with Gasteiger partial charge in [0, 0.05) is 24.3 Å². The first kappa shape index (κ1) is 14.8. The Morgan fingerprint density at radius 1 is 1.30 bits per heavy atom. The maximum atomic E-state index is 12.3. The zero-order valence-corrected chi connectivity index (χ0v) is 12.8. The molecule has 1 aromatic carbocycles. The van der Waals surface area contributed by atoms with Gasteiger partial charge < -0.3 is 4.57 Å². The molecule has 0 spiro atoms. The molecule has 1 aromatic heterocycles. The van der Waals surface area contributed by atoms with Gasteiger partial charge in [0.05, 0.1) is 12.2 Å². The molecule has 0 aliphatic rings. The molecule has 0 saturated carbocycles. The number of aromatic nitrogens is 1. The lowest BCUT2D eigenvalue weighted by atomic mass is 10.1. The van der Waals surface area contributed by atoms with E-state index in [0.29, 0.717) is 6.54 Å². The fourth-order valence-electron chi connectivity index (χ4n) is 2.25. The van der Waals surface area contributed by atoms with E-state index in [1.807, 2.05) is 66.2 Å². The van der Waals surface area contributed by atoms with E-state index in [1.54, 1.807) is 0 Å². The molecule has 0 amide bonds. The molecule has 1 heterocycles. The van der Waals surface area contributed by atoms with Crippen molar-refractivity contribution in [1.29, 1.82) is 0 Å². The van der Waals surface area contributed by atoms with Crippen molar-refractivity contribution in [2.45, 2.75) is 13.0 Å². The van der Waals surface area contributed by atoms with Gasteiger partial charge in [0.1, 0.15) is 0 Å². The molecule has 0 aliphatic heterocycles. The number of carbonyl (C=O) groups is 1. The van der Waals surface area contributed by atoms with Crippen molar-refractivity contribution < 1.29 is 4.79 Å². The number of hydrogen-bond acceptors (Lipinski definition) is 2. The lowest BCUT2D eigenvalue weighted by Crippen LogP contribution is -2.29. The Bertz CT molecular complexity index is 606. The van der Waals surface area contributed by atoms with Crippen molar-refractivity contribution in [2.75, 3.05) is 13.6 Å². The van der Waals surface area contributed by atoms with Gasteiger partial charge in [-0.1, -0.05) is 29.8 Å². The summed E-state index contributed by atoms with van der Waals surface area (Å²) in [6.07, 6.45) is 1.88. The van der Waals surface area contributed by atoms with Crippen LogP contribution >= 0.6 is 11.6 Å². The molecule has 0 fully saturated rings. The zero-order chi connectivity index (χ0) is 14.7. The maximum Gasteiger partial charge on any atom is 0.193 e. The highest BCUT2D eigenvalue weighted by atomic mass is 35.5. The molecule has 2 aromatic rings. The molecule has 1 atom stereocenters. The number of Topliss-reactive ketones (excluding diaryl/α,β-unsaturated/α-hetero) is 1. The van der Waals surface area contributed by atoms with E-state index >= 15 is 0 Å². The number of carbonyl (C=O) groups excluding carboxylic acids is 1. The van der Waals surface area contributed by atoms with Gasteiger partial charge in [0.15, 0.2) is 5.78 Å². The summed E-state index contributed by atoms with van der Waals surface area (Å²) in [5.74, 6) is 0.110. The third kappa shape index (κ3) is 3.11. The van der Waals surface area contributed by atoms with Gasteiger partial charge in [-0.25, -0.2) is 0 Å². The van der Waals surface area contributed by atoms with Gasteiger partial charge in [0.2, 0.25) is 0 Å². The highest BCUT2D eigenvalue weighted by Gasteiger charge is 2.18. The molecule has 2 rings (SSSR count). The largest absolute Gasteiger partial charge is 0.348 e. The first-order valence-electron chi connectivity index (χ1n) is 6.60. The number of aryl methyl sites for hydroxylation is 1. The molecule has 0 radical (unpaired) electrons. The molecule has 3 nitrogen and oxygen atoms in total. The van der Waals surface area contributed by atoms with Crippen LogP contribution < -0.4 is 0 Å². The fourth-order valence-corrected chi connectivity index (χ4v) is 2.54. The lowest BCUT2D eigenvalue weighted by molar-refractivity contribution is 0.0917. The molecule has 4 heteroatoms. The van der Waals surface area contributed by atoms with Crippen LogP contribution in [0.15, 0.2) is 42.6 Å². The summed E-state index contributed by atoms with van der Waals surface area (Å²) < 4.78 is 1.84. The minimum atomic E-state index is 0.0907. The third-order valence-electron chi connectivity index (χ3n) is 3.64. The second kappa shape index (κ2) is 6.25. The van der Waals surface area contributed by atoms with Crippen LogP contribution in [0.4, 0.5) is 0 Å². The standard InChI is InChI=1S/C16H19ClN2O/c1-12(13-7-4-5-8-14(13)17)19(3)11-16(20)15-9-6-10-18(15)2/h4-10,12H,11H2,1-3H3. The van der Waals surface area contributed by atoms with Crippen LogP contribution in [0.25, 0.3) is 0 Å². The monoisotopic (exact) mass is 290 g/mol. The Morgan fingerprint density at radius 3 is 2.60 bits per heavy atom. The first-order chi connectivity index (χ1) is 9.50. The average molecular weight is 291 g/mol. The van der Waals surface area contributed by atoms with E-state index in [4.69, 9.17) is 11.6 Å². The number of nitrogens with zero attached hydrogens (tertiary/aromatic N) is 2. The Labute approximate surface area is 124 Å². The summed E-state index contributed by atoms with van der Waals surface area (Å²) in [7, 11) is 3.82. The van der Waals surface area contributed by atoms with E-state index in [1.165, 1.54) is 0 Å². The summed E-state index contributed by atoms with van der Waals surface area (Å²) >= 11 is 6.21. The Hall–Kier alpha value is -1.58. The summed E-state index contributed by atoms with van der Waals surface area (Å²) in [5, 5.41) is 0.734. The summed E-state index contributed by atoms with van der Waals surface area (Å²) in [5.41, 5.74) is 1.76. The van der Waals surface area contributed by atoms with Crippen LogP contribution in [-0.4, -0.2) is 28.8 Å². The van der Waals surface area contributed by atoms with E-state index in [2.05, 4.69) is 6.92 Å². The van der Waals surface area contributed by atoms with Gasteiger partial charge in [-0.05, 0) is 37.7 Å². The van der Waals surface area contributed by atoms with Crippen molar-refractivity contribution in [3.8, 4) is 0 Å². The Morgan fingerprint density at radius 2 is 2.00 bits per heavy atom. The fraction of sp³-hybridized carbons (Fsp3) is 0.312. The minimum absolute atomic E-state index is 0.0907. The van der Waals surface area contributed by atoms with Crippen molar-refractivity contribution in [3.63, 3.8) is 0 Å². The van der Waals surface area contributed by atoms with Crippen molar-refractivity contribution in [2.24, 2.45) is 7.05 Å². The predicted octanol–water partition coefficient (Wildman–Crippen LogP) is 3.55. The quantitative estimate of drug-likeness (QED) is 0.787. The van der Waals surface area contributed by atoms with Gasteiger partial charge >= 0.3 is 0 Å². The molecular formula is C16H19ClN2O. The van der Waals surface area contributed by atoms with Crippen LogP contribution in [0.3, 0.4) is 0 Å². The second-order valence-electron chi connectivity index (χ2n) is 5.04. The number of benzene rings is 1. The highest BCUT2D eigenvalue weighted by molar-refractivity contribution is 6.31. The molecule has 20 heavy (non-hydrogen) atoms. The number of rotatable bonds is 5. The minimum Gasteiger partial charge on any atom is -0.348 e. The number of hydrogen-bond donors (Lipinski definition) is 0. The lowest BCUT2D eigenvalue weighted by Gasteiger charge is -2.25. The molecular weight excluding hydrogens is 272 g/mol. The van der Waals surface area contributed by atoms with Crippen molar-refractivity contribution >= 4 is 17.4 Å². The first-order valence-corrected chi connectivity index (χ1v) is 6.97. The second-order valence-corrected chi connectivity index (χ2v) is 5.45. The van der Waals surface area contributed by atoms with Crippen molar-refractivity contribution in [1.82, 2.24) is 9.47 Å². The van der Waals surface area contributed by atoms with E-state index < -0.39 is 0 Å². The smallest absolute Gasteiger partial charge is 0.193 e. The summed E-state index contributed by atoms with van der Waals surface area (Å²) in [4.78, 5) is 14.3. The zero-order valence-electron chi connectivity index (χ0n) is 12.0. The van der Waals surface area contributed by atoms with E-state index in [-0.39, 0.29) is 11.8 Å². The van der Waals surface area contributed by atoms with Gasteiger partial charge in [-0.3, -0.25) is 9.69 Å². The van der Waals surface area contributed by atoms with E-state index in [0.717, 1.165) is 16.3 Å². The summed E-state index contributed by atoms with van der Waals surface area (Å²) in [6, 6.07) is 11.6. The van der Waals surface area contributed by atoms with Crippen LogP contribution in [0.1, 0.15) is 29.0 Å². The van der Waals surface area contributed by atoms with Gasteiger partial charge in [-0.2, -0.15) is 0 Å². The van der Waals surface area contributed by atoms with E-state index in [9.17, 15) is 4.79 Å². The topological polar surface area (TPSA) is 25.2 Å². The number of likely N-dealkylation sites (N-methyl/N-ethyl adjacent to an activating group) is 1. The van der Waals surface area contributed by atoms with Crippen molar-refractivity contribution in [3.05, 3.63) is 58.9 Å². The van der Waals surface area contributed by atoms with Crippen LogP contribution in [0.5, 0.6) is 0 Å². The molecule has 0 aliphatic carbocycles. The van der Waals surface area contributed by atoms with Gasteiger partial charge in [-0.15, -0.1) is 0 Å². The molecule has 106 valence electrons. The summed E-state index contributed by atoms with van der Waals surface area (Å²) in [6.45, 7) is 2.42. The predicted molar refractivity (Wildman–Crippen MR) is 82.2 cm³/mol. The molecule has 0 saturated heterocycles. The number of halogens is 1. The average Bonchev–Trinajstić information content (AvgIpc) is 2.84. The van der Waals surface area contributed by atoms with Crippen LogP contribution in [0.2, 0.25) is 5.02 Å².